The van der Waals surface area contributed by atoms with Gasteiger partial charge in [0.2, 0.25) is 0 Å². The first-order chi connectivity index (χ1) is 5.39. The van der Waals surface area contributed by atoms with Crippen molar-refractivity contribution in [3.63, 3.8) is 0 Å². The molecule has 0 amide bonds. The average molecular weight is 198 g/mol. The van der Waals surface area contributed by atoms with Crippen LogP contribution in [-0.2, 0) is 10.1 Å². The molecule has 2 unspecified atom stereocenters. The highest BCUT2D eigenvalue weighted by atomic mass is 32.2. The summed E-state index contributed by atoms with van der Waals surface area (Å²) in [6.45, 7) is 2.12. The molecule has 0 rings (SSSR count). The zero-order valence-electron chi connectivity index (χ0n) is 6.60. The summed E-state index contributed by atoms with van der Waals surface area (Å²) in [5.74, 6) is 0. The molecule has 0 aliphatic heterocycles. The van der Waals surface area contributed by atoms with Crippen molar-refractivity contribution in [2.45, 2.75) is 25.0 Å². The van der Waals surface area contributed by atoms with Gasteiger partial charge in [-0.05, 0) is 13.0 Å². The first kappa shape index (κ1) is 11.8. The van der Waals surface area contributed by atoms with Crippen molar-refractivity contribution in [3.8, 4) is 0 Å². The van der Waals surface area contributed by atoms with Gasteiger partial charge in [-0.25, -0.2) is 8.42 Å². The average Bonchev–Trinajstić information content (AvgIpc) is 1.97. The molecule has 74 valence electrons. The lowest BCUT2D eigenvalue weighted by molar-refractivity contribution is 0.0381. The Hall–Kier alpha value is -0.210. The highest BCUT2D eigenvalue weighted by Gasteiger charge is 2.21. The molecule has 6 nitrogen and oxygen atoms in total. The van der Waals surface area contributed by atoms with Gasteiger partial charge >= 0.3 is 0 Å². The van der Waals surface area contributed by atoms with Gasteiger partial charge in [-0.3, -0.25) is 5.32 Å². The summed E-state index contributed by atoms with van der Waals surface area (Å²) < 4.78 is 30.4. The third-order valence-electron chi connectivity index (χ3n) is 1.17. The van der Waals surface area contributed by atoms with E-state index in [2.05, 4.69) is 5.32 Å². The standard InChI is InChI=1S/C5H13NO5S/c1-2-3-6-4(7)5(8)12(9,10)11/h4-8H,2-3H2,1H3,(H,9,10,11)/p-1. The lowest BCUT2D eigenvalue weighted by Crippen LogP contribution is -2.44. The zero-order chi connectivity index (χ0) is 9.78. The van der Waals surface area contributed by atoms with Crippen LogP contribution in [0.3, 0.4) is 0 Å². The molecule has 0 spiro atoms. The van der Waals surface area contributed by atoms with E-state index < -0.39 is 21.8 Å². The Kier molecular flexibility index (Phi) is 4.64. The van der Waals surface area contributed by atoms with Crippen molar-refractivity contribution in [2.75, 3.05) is 6.54 Å². The summed E-state index contributed by atoms with van der Waals surface area (Å²) in [5, 5.41) is 19.8. The lowest BCUT2D eigenvalue weighted by atomic mass is 10.4. The molecule has 0 aromatic heterocycles. The van der Waals surface area contributed by atoms with Crippen molar-refractivity contribution in [1.29, 1.82) is 0 Å². The molecule has 0 aromatic rings. The van der Waals surface area contributed by atoms with Gasteiger partial charge in [0.15, 0.2) is 5.44 Å². The first-order valence-corrected chi connectivity index (χ1v) is 4.91. The van der Waals surface area contributed by atoms with Crippen LogP contribution in [0.2, 0.25) is 0 Å². The summed E-state index contributed by atoms with van der Waals surface area (Å²) in [6, 6.07) is 0. The summed E-state index contributed by atoms with van der Waals surface area (Å²) in [5.41, 5.74) is -2.30. The van der Waals surface area contributed by atoms with E-state index in [0.717, 1.165) is 0 Å². The molecular weight excluding hydrogens is 186 g/mol. The van der Waals surface area contributed by atoms with Crippen LogP contribution in [0.5, 0.6) is 0 Å². The Morgan fingerprint density at radius 3 is 2.33 bits per heavy atom. The molecule has 0 saturated heterocycles. The van der Waals surface area contributed by atoms with E-state index in [1.54, 1.807) is 6.92 Å². The number of aliphatic hydroxyl groups is 2. The maximum atomic E-state index is 10.1. The van der Waals surface area contributed by atoms with Gasteiger partial charge in [0.1, 0.15) is 16.3 Å². The van der Waals surface area contributed by atoms with Crippen LogP contribution in [0.4, 0.5) is 0 Å². The minimum Gasteiger partial charge on any atom is -0.746 e. The van der Waals surface area contributed by atoms with E-state index in [0.29, 0.717) is 13.0 Å². The van der Waals surface area contributed by atoms with Crippen LogP contribution < -0.4 is 5.32 Å². The molecule has 0 bridgehead atoms. The Morgan fingerprint density at radius 1 is 1.50 bits per heavy atom. The molecule has 12 heavy (non-hydrogen) atoms. The monoisotopic (exact) mass is 198 g/mol. The quantitative estimate of drug-likeness (QED) is 0.354. The van der Waals surface area contributed by atoms with E-state index in [-0.39, 0.29) is 0 Å². The van der Waals surface area contributed by atoms with E-state index in [9.17, 15) is 13.0 Å². The number of hydrogen-bond donors (Lipinski definition) is 3. The number of nitrogens with one attached hydrogen (secondary N) is 1. The maximum Gasteiger partial charge on any atom is 0.182 e. The summed E-state index contributed by atoms with van der Waals surface area (Å²) in [4.78, 5) is 0. The van der Waals surface area contributed by atoms with Crippen LogP contribution in [0, 0.1) is 0 Å². The molecule has 0 aliphatic carbocycles. The van der Waals surface area contributed by atoms with Gasteiger partial charge in [0.25, 0.3) is 0 Å². The van der Waals surface area contributed by atoms with Crippen molar-refractivity contribution >= 4 is 10.1 Å². The minimum atomic E-state index is -4.84. The third kappa shape index (κ3) is 3.98. The minimum absolute atomic E-state index is 0.327. The fraction of sp³-hybridized carbons (Fsp3) is 1.00. The second-order valence-corrected chi connectivity index (χ2v) is 3.75. The summed E-state index contributed by atoms with van der Waals surface area (Å²) in [6.07, 6.45) is -1.06. The van der Waals surface area contributed by atoms with Gasteiger partial charge < -0.3 is 14.8 Å². The molecule has 3 N–H and O–H groups in total. The Labute approximate surface area is 71.0 Å². The second kappa shape index (κ2) is 4.73. The van der Waals surface area contributed by atoms with Crippen molar-refractivity contribution in [1.82, 2.24) is 5.32 Å². The maximum absolute atomic E-state index is 10.1. The van der Waals surface area contributed by atoms with Crippen LogP contribution in [0.1, 0.15) is 13.3 Å². The molecule has 0 fully saturated rings. The Morgan fingerprint density at radius 2 is 2.00 bits per heavy atom. The molecule has 0 saturated carbocycles. The number of hydrogen-bond acceptors (Lipinski definition) is 6. The third-order valence-corrected chi connectivity index (χ3v) is 2.02. The molecular formula is C5H12NO5S-. The van der Waals surface area contributed by atoms with Gasteiger partial charge in [0.05, 0.1) is 0 Å². The van der Waals surface area contributed by atoms with Gasteiger partial charge in [-0.15, -0.1) is 0 Å². The van der Waals surface area contributed by atoms with Crippen LogP contribution >= 0.6 is 0 Å². The van der Waals surface area contributed by atoms with E-state index in [1.807, 2.05) is 0 Å². The molecule has 7 heteroatoms. The highest BCUT2D eigenvalue weighted by Crippen LogP contribution is 1.97. The van der Waals surface area contributed by atoms with Crippen molar-refractivity contribution in [2.24, 2.45) is 0 Å². The van der Waals surface area contributed by atoms with E-state index in [1.165, 1.54) is 0 Å². The zero-order valence-corrected chi connectivity index (χ0v) is 7.41. The smallest absolute Gasteiger partial charge is 0.182 e. The van der Waals surface area contributed by atoms with Crippen LogP contribution in [0.15, 0.2) is 0 Å². The Balaban J connectivity index is 4.02. The molecule has 0 radical (unpaired) electrons. The first-order valence-electron chi connectivity index (χ1n) is 3.43. The molecule has 0 aliphatic rings. The van der Waals surface area contributed by atoms with Gasteiger partial charge in [-0.1, -0.05) is 6.92 Å². The largest absolute Gasteiger partial charge is 0.746 e. The topological polar surface area (TPSA) is 110 Å². The van der Waals surface area contributed by atoms with E-state index >= 15 is 0 Å². The predicted molar refractivity (Wildman–Crippen MR) is 40.0 cm³/mol. The fourth-order valence-electron chi connectivity index (χ4n) is 0.551. The van der Waals surface area contributed by atoms with Gasteiger partial charge in [0, 0.05) is 0 Å². The Bertz CT molecular complexity index is 214. The lowest BCUT2D eigenvalue weighted by Gasteiger charge is -2.21. The van der Waals surface area contributed by atoms with E-state index in [4.69, 9.17) is 10.2 Å². The fourth-order valence-corrected chi connectivity index (χ4v) is 0.963. The SMILES string of the molecule is CCCNC(O)C(O)S(=O)(=O)[O-]. The van der Waals surface area contributed by atoms with Gasteiger partial charge in [-0.2, -0.15) is 0 Å². The molecule has 0 heterocycles. The normalized spacial score (nSPS) is 17.3. The second-order valence-electron chi connectivity index (χ2n) is 2.28. The molecule has 0 aromatic carbocycles. The highest BCUT2D eigenvalue weighted by molar-refractivity contribution is 7.86. The van der Waals surface area contributed by atoms with Crippen LogP contribution in [-0.4, -0.2) is 41.4 Å². The van der Waals surface area contributed by atoms with Crippen molar-refractivity contribution < 1.29 is 23.2 Å². The summed E-state index contributed by atoms with van der Waals surface area (Å²) in [7, 11) is -4.84. The summed E-state index contributed by atoms with van der Waals surface area (Å²) >= 11 is 0. The van der Waals surface area contributed by atoms with Crippen molar-refractivity contribution in [3.05, 3.63) is 0 Å². The van der Waals surface area contributed by atoms with Crippen LogP contribution in [0.25, 0.3) is 0 Å². The predicted octanol–water partition coefficient (Wildman–Crippen LogP) is -1.83. The molecule has 2 atom stereocenters. The number of rotatable bonds is 5. The number of aliphatic hydroxyl groups excluding tert-OH is 2.